The smallest absolute Gasteiger partial charge is 0.171 e. The van der Waals surface area contributed by atoms with Crippen LogP contribution in [0.5, 0.6) is 0 Å². The number of benzene rings is 2. The summed E-state index contributed by atoms with van der Waals surface area (Å²) in [5.41, 5.74) is 8.63. The van der Waals surface area contributed by atoms with Crippen LogP contribution in [0.2, 0.25) is 0 Å². The Kier molecular flexibility index (Phi) is 3.39. The molecule has 0 saturated heterocycles. The summed E-state index contributed by atoms with van der Waals surface area (Å²) >= 11 is 1.21. The van der Waals surface area contributed by atoms with Gasteiger partial charge in [-0.2, -0.15) is 0 Å². The van der Waals surface area contributed by atoms with E-state index in [0.717, 1.165) is 16.6 Å². The summed E-state index contributed by atoms with van der Waals surface area (Å²) in [5.74, 6) is -0.561. The fourth-order valence-corrected chi connectivity index (χ4v) is 2.81. The number of imidazole rings is 1. The molecule has 0 amide bonds. The molecule has 21 heavy (non-hydrogen) atoms. The van der Waals surface area contributed by atoms with E-state index >= 15 is 0 Å². The molecule has 3 aromatic rings. The van der Waals surface area contributed by atoms with Gasteiger partial charge >= 0.3 is 0 Å². The van der Waals surface area contributed by atoms with Gasteiger partial charge in [0.25, 0.3) is 0 Å². The Balaban J connectivity index is 1.93. The number of nitrogens with one attached hydrogen (secondary N) is 2. The van der Waals surface area contributed by atoms with Crippen LogP contribution in [0.1, 0.15) is 11.1 Å². The zero-order valence-electron chi connectivity index (χ0n) is 11.3. The van der Waals surface area contributed by atoms with Gasteiger partial charge in [0.2, 0.25) is 0 Å². The molecule has 2 aromatic carbocycles. The van der Waals surface area contributed by atoms with Crippen molar-refractivity contribution in [3.05, 3.63) is 53.3 Å². The van der Waals surface area contributed by atoms with Gasteiger partial charge in [-0.15, -0.1) is 0 Å². The van der Waals surface area contributed by atoms with E-state index in [0.29, 0.717) is 15.6 Å². The van der Waals surface area contributed by atoms with Crippen LogP contribution in [-0.4, -0.2) is 15.8 Å². The first-order chi connectivity index (χ1) is 10.0. The number of nitrogens with two attached hydrogens (primary N) is 1. The number of nitrogens with zero attached hydrogens (tertiary/aromatic N) is 1. The van der Waals surface area contributed by atoms with E-state index in [9.17, 15) is 4.39 Å². The Bertz CT molecular complexity index is 841. The molecule has 0 fully saturated rings. The van der Waals surface area contributed by atoms with Gasteiger partial charge < -0.3 is 10.7 Å². The molecule has 0 aliphatic carbocycles. The highest BCUT2D eigenvalue weighted by Crippen LogP contribution is 2.29. The summed E-state index contributed by atoms with van der Waals surface area (Å²) in [6.07, 6.45) is 0. The van der Waals surface area contributed by atoms with Gasteiger partial charge in [0, 0.05) is 5.56 Å². The number of H-pyrrole nitrogens is 1. The van der Waals surface area contributed by atoms with Crippen LogP contribution in [0.25, 0.3) is 11.0 Å². The van der Waals surface area contributed by atoms with Crippen molar-refractivity contribution in [3.8, 4) is 0 Å². The van der Waals surface area contributed by atoms with E-state index in [1.54, 1.807) is 12.1 Å². The number of hydrogen-bond acceptors (Lipinski definition) is 3. The maximum atomic E-state index is 14.0. The number of aryl methyl sites for hydroxylation is 1. The molecule has 0 aliphatic rings. The van der Waals surface area contributed by atoms with Crippen LogP contribution in [0.3, 0.4) is 0 Å². The lowest BCUT2D eigenvalue weighted by Gasteiger charge is -2.03. The number of halogens is 1. The minimum Gasteiger partial charge on any atom is -0.384 e. The molecule has 0 saturated carbocycles. The van der Waals surface area contributed by atoms with Crippen molar-refractivity contribution in [2.24, 2.45) is 5.73 Å². The van der Waals surface area contributed by atoms with Crippen LogP contribution < -0.4 is 5.73 Å². The number of amidine groups is 1. The summed E-state index contributed by atoms with van der Waals surface area (Å²) in [5, 5.41) is 7.93. The third-order valence-electron chi connectivity index (χ3n) is 3.07. The first-order valence-electron chi connectivity index (χ1n) is 6.31. The Labute approximate surface area is 125 Å². The molecule has 6 heteroatoms. The Morgan fingerprint density at radius 1 is 1.29 bits per heavy atom. The van der Waals surface area contributed by atoms with E-state index in [-0.39, 0.29) is 5.84 Å². The summed E-state index contributed by atoms with van der Waals surface area (Å²) in [7, 11) is 0. The molecule has 0 spiro atoms. The Hall–Kier alpha value is -2.34. The van der Waals surface area contributed by atoms with Gasteiger partial charge in [0.1, 0.15) is 11.7 Å². The average molecular weight is 300 g/mol. The topological polar surface area (TPSA) is 78.6 Å². The second kappa shape index (κ2) is 5.21. The second-order valence-electron chi connectivity index (χ2n) is 4.72. The van der Waals surface area contributed by atoms with Gasteiger partial charge in [0.05, 0.1) is 15.9 Å². The molecule has 106 valence electrons. The third kappa shape index (κ3) is 2.75. The van der Waals surface area contributed by atoms with E-state index in [4.69, 9.17) is 11.1 Å². The van der Waals surface area contributed by atoms with E-state index in [1.165, 1.54) is 17.8 Å². The average Bonchev–Trinajstić information content (AvgIpc) is 2.82. The van der Waals surface area contributed by atoms with Crippen molar-refractivity contribution >= 4 is 28.6 Å². The lowest BCUT2D eigenvalue weighted by molar-refractivity contribution is 0.601. The van der Waals surface area contributed by atoms with E-state index < -0.39 is 5.82 Å². The molecule has 1 heterocycles. The van der Waals surface area contributed by atoms with Crippen LogP contribution in [0, 0.1) is 18.2 Å². The minimum absolute atomic E-state index is 0.148. The molecule has 0 unspecified atom stereocenters. The predicted molar refractivity (Wildman–Crippen MR) is 82.4 cm³/mol. The van der Waals surface area contributed by atoms with Crippen LogP contribution in [0.15, 0.2) is 46.5 Å². The number of rotatable bonds is 3. The van der Waals surface area contributed by atoms with E-state index in [2.05, 4.69) is 9.97 Å². The van der Waals surface area contributed by atoms with Crippen molar-refractivity contribution in [2.75, 3.05) is 0 Å². The molecule has 0 radical (unpaired) electrons. The lowest BCUT2D eigenvalue weighted by atomic mass is 10.2. The number of aromatic amines is 1. The molecule has 0 bridgehead atoms. The van der Waals surface area contributed by atoms with Crippen LogP contribution >= 0.6 is 11.8 Å². The van der Waals surface area contributed by atoms with Gasteiger partial charge in [-0.1, -0.05) is 6.07 Å². The maximum absolute atomic E-state index is 14.0. The monoisotopic (exact) mass is 300 g/mol. The summed E-state index contributed by atoms with van der Waals surface area (Å²) in [4.78, 5) is 8.03. The number of hydrogen-bond donors (Lipinski definition) is 3. The zero-order valence-corrected chi connectivity index (χ0v) is 12.1. The highest BCUT2D eigenvalue weighted by atomic mass is 32.2. The summed E-state index contributed by atoms with van der Waals surface area (Å²) in [6, 6.07) is 10.4. The van der Waals surface area contributed by atoms with E-state index in [1.807, 2.05) is 25.1 Å². The molecule has 4 N–H and O–H groups in total. The summed E-state index contributed by atoms with van der Waals surface area (Å²) in [6.45, 7) is 2.01. The lowest BCUT2D eigenvalue weighted by Crippen LogP contribution is -2.11. The molecule has 3 rings (SSSR count). The number of nitrogen functional groups attached to an aromatic ring is 1. The first-order valence-corrected chi connectivity index (χ1v) is 7.13. The molecule has 0 aliphatic heterocycles. The number of aromatic nitrogens is 2. The van der Waals surface area contributed by atoms with Crippen LogP contribution in [-0.2, 0) is 0 Å². The second-order valence-corrected chi connectivity index (χ2v) is 5.75. The van der Waals surface area contributed by atoms with Gasteiger partial charge in [0.15, 0.2) is 5.16 Å². The highest BCUT2D eigenvalue weighted by Gasteiger charge is 2.10. The fraction of sp³-hybridized carbons (Fsp3) is 0.0667. The zero-order chi connectivity index (χ0) is 15.0. The van der Waals surface area contributed by atoms with Gasteiger partial charge in [-0.25, -0.2) is 9.37 Å². The molecule has 1 aromatic heterocycles. The number of fused-ring (bicyclic) bond motifs is 1. The maximum Gasteiger partial charge on any atom is 0.171 e. The minimum atomic E-state index is -0.413. The Morgan fingerprint density at radius 2 is 2.10 bits per heavy atom. The first kappa shape index (κ1) is 13.6. The SMILES string of the molecule is Cc1ccc2nc(Sc3ccc(C(=N)N)cc3F)[nH]c2c1. The van der Waals surface area contributed by atoms with Gasteiger partial charge in [-0.05, 0) is 54.6 Å². The normalized spacial score (nSPS) is 11.0. The van der Waals surface area contributed by atoms with Crippen molar-refractivity contribution in [1.29, 1.82) is 5.41 Å². The van der Waals surface area contributed by atoms with Crippen molar-refractivity contribution in [2.45, 2.75) is 17.0 Å². The van der Waals surface area contributed by atoms with Gasteiger partial charge in [-0.3, -0.25) is 5.41 Å². The summed E-state index contributed by atoms with van der Waals surface area (Å²) < 4.78 is 14.0. The van der Waals surface area contributed by atoms with Crippen molar-refractivity contribution < 1.29 is 4.39 Å². The molecule has 0 atom stereocenters. The fourth-order valence-electron chi connectivity index (χ4n) is 2.00. The Morgan fingerprint density at radius 3 is 2.81 bits per heavy atom. The third-order valence-corrected chi connectivity index (χ3v) is 4.00. The highest BCUT2D eigenvalue weighted by molar-refractivity contribution is 7.99. The predicted octanol–water partition coefficient (Wildman–Crippen LogP) is 3.45. The standard InChI is InChI=1S/C15H13FN4S/c1-8-2-4-11-12(6-8)20-15(19-11)21-13-5-3-9(14(17)18)7-10(13)16/h2-7H,1H3,(H3,17,18)(H,19,20). The van der Waals surface area contributed by atoms with Crippen molar-refractivity contribution in [1.82, 2.24) is 9.97 Å². The van der Waals surface area contributed by atoms with Crippen molar-refractivity contribution in [3.63, 3.8) is 0 Å². The quantitative estimate of drug-likeness (QED) is 0.512. The molecule has 4 nitrogen and oxygen atoms in total. The largest absolute Gasteiger partial charge is 0.384 e. The molecular weight excluding hydrogens is 287 g/mol. The molecular formula is C15H13FN4S. The van der Waals surface area contributed by atoms with Crippen LogP contribution in [0.4, 0.5) is 4.39 Å².